The Bertz CT molecular complexity index is 528. The van der Waals surface area contributed by atoms with Gasteiger partial charge in [-0.1, -0.05) is 6.92 Å². The van der Waals surface area contributed by atoms with Crippen molar-refractivity contribution in [2.24, 2.45) is 0 Å². The predicted molar refractivity (Wildman–Crippen MR) is 86.2 cm³/mol. The molecular weight excluding hydrogens is 290 g/mol. The van der Waals surface area contributed by atoms with Crippen LogP contribution in [0.1, 0.15) is 27.2 Å². The second kappa shape index (κ2) is 8.77. The van der Waals surface area contributed by atoms with Crippen molar-refractivity contribution in [2.75, 3.05) is 36.6 Å². The van der Waals surface area contributed by atoms with Gasteiger partial charge in [-0.2, -0.15) is 0 Å². The van der Waals surface area contributed by atoms with Gasteiger partial charge in [0.05, 0.1) is 24.7 Å². The average Bonchev–Trinajstić information content (AvgIpc) is 2.42. The first-order chi connectivity index (χ1) is 10.0. The molecular formula is C15H25NO4S. The van der Waals surface area contributed by atoms with Gasteiger partial charge in [0.2, 0.25) is 0 Å². The minimum Gasteiger partial charge on any atom is -0.494 e. The van der Waals surface area contributed by atoms with Gasteiger partial charge in [-0.25, -0.2) is 8.42 Å². The minimum absolute atomic E-state index is 0.116. The molecule has 0 aliphatic rings. The monoisotopic (exact) mass is 315 g/mol. The molecule has 0 fully saturated rings. The summed E-state index contributed by atoms with van der Waals surface area (Å²) in [5.74, 6) is 1.78. The van der Waals surface area contributed by atoms with Crippen LogP contribution < -0.4 is 14.8 Å². The predicted octanol–water partition coefficient (Wildman–Crippen LogP) is 2.72. The molecule has 0 saturated heterocycles. The smallest absolute Gasteiger partial charge is 0.152 e. The van der Waals surface area contributed by atoms with E-state index >= 15 is 0 Å². The molecule has 1 N–H and O–H groups in total. The Hall–Kier alpha value is -1.43. The summed E-state index contributed by atoms with van der Waals surface area (Å²) < 4.78 is 34.4. The molecule has 1 aromatic rings. The lowest BCUT2D eigenvalue weighted by Crippen LogP contribution is -2.18. The number of ether oxygens (including phenoxy) is 2. The molecule has 5 nitrogen and oxygen atoms in total. The Morgan fingerprint density at radius 1 is 1.05 bits per heavy atom. The van der Waals surface area contributed by atoms with E-state index in [0.29, 0.717) is 31.9 Å². The lowest BCUT2D eigenvalue weighted by Gasteiger charge is -2.14. The first-order valence-corrected chi connectivity index (χ1v) is 9.18. The van der Waals surface area contributed by atoms with E-state index in [-0.39, 0.29) is 11.5 Å². The summed E-state index contributed by atoms with van der Waals surface area (Å²) in [6.45, 7) is 7.18. The molecule has 0 atom stereocenters. The fourth-order valence-corrected chi connectivity index (χ4v) is 3.18. The van der Waals surface area contributed by atoms with Gasteiger partial charge < -0.3 is 14.8 Å². The maximum atomic E-state index is 11.7. The van der Waals surface area contributed by atoms with Crippen LogP contribution in [0.2, 0.25) is 0 Å². The highest BCUT2D eigenvalue weighted by molar-refractivity contribution is 7.91. The quantitative estimate of drug-likeness (QED) is 0.719. The van der Waals surface area contributed by atoms with Crippen LogP contribution in [-0.4, -0.2) is 39.7 Å². The molecule has 0 unspecified atom stereocenters. The lowest BCUT2D eigenvalue weighted by atomic mass is 10.2. The van der Waals surface area contributed by atoms with E-state index < -0.39 is 9.84 Å². The Labute approximate surface area is 127 Å². The minimum atomic E-state index is -2.98. The van der Waals surface area contributed by atoms with Crippen molar-refractivity contribution < 1.29 is 17.9 Å². The molecule has 0 aliphatic carbocycles. The second-order valence-corrected chi connectivity index (χ2v) is 6.91. The van der Waals surface area contributed by atoms with Crippen molar-refractivity contribution in [2.45, 2.75) is 27.2 Å². The van der Waals surface area contributed by atoms with E-state index in [0.717, 1.165) is 11.4 Å². The van der Waals surface area contributed by atoms with Crippen LogP contribution >= 0.6 is 0 Å². The van der Waals surface area contributed by atoms with Gasteiger partial charge in [-0.15, -0.1) is 0 Å². The Balaban J connectivity index is 2.72. The van der Waals surface area contributed by atoms with Crippen LogP contribution in [0.3, 0.4) is 0 Å². The van der Waals surface area contributed by atoms with E-state index in [4.69, 9.17) is 9.47 Å². The normalized spacial score (nSPS) is 11.2. The highest BCUT2D eigenvalue weighted by Crippen LogP contribution is 2.29. The molecule has 0 aliphatic heterocycles. The van der Waals surface area contributed by atoms with E-state index in [1.165, 1.54) is 0 Å². The number of hydrogen-bond acceptors (Lipinski definition) is 5. The lowest BCUT2D eigenvalue weighted by molar-refractivity contribution is 0.332. The fourth-order valence-electron chi connectivity index (χ4n) is 1.94. The van der Waals surface area contributed by atoms with Crippen LogP contribution in [0.15, 0.2) is 18.2 Å². The molecule has 120 valence electrons. The molecule has 0 radical (unpaired) electrons. The molecule has 0 spiro atoms. The molecule has 21 heavy (non-hydrogen) atoms. The number of benzene rings is 1. The van der Waals surface area contributed by atoms with Crippen molar-refractivity contribution in [1.82, 2.24) is 0 Å². The van der Waals surface area contributed by atoms with Gasteiger partial charge in [0.25, 0.3) is 0 Å². The van der Waals surface area contributed by atoms with Crippen molar-refractivity contribution in [1.29, 1.82) is 0 Å². The fraction of sp³-hybridized carbons (Fsp3) is 0.600. The molecule has 0 bridgehead atoms. The zero-order valence-corrected chi connectivity index (χ0v) is 13.8. The SMILES string of the molecule is CCCS(=O)(=O)CCNc1cc(OCC)ccc1OCC. The van der Waals surface area contributed by atoms with Gasteiger partial charge in [0.15, 0.2) is 9.84 Å². The van der Waals surface area contributed by atoms with Gasteiger partial charge in [-0.05, 0) is 32.4 Å². The molecule has 1 aromatic carbocycles. The van der Waals surface area contributed by atoms with E-state index in [2.05, 4.69) is 5.32 Å². The molecule has 0 saturated carbocycles. The Kier molecular flexibility index (Phi) is 7.36. The van der Waals surface area contributed by atoms with Gasteiger partial charge in [-0.3, -0.25) is 0 Å². The Morgan fingerprint density at radius 3 is 2.38 bits per heavy atom. The van der Waals surface area contributed by atoms with Gasteiger partial charge >= 0.3 is 0 Å². The third-order valence-electron chi connectivity index (χ3n) is 2.81. The highest BCUT2D eigenvalue weighted by atomic mass is 32.2. The van der Waals surface area contributed by atoms with Gasteiger partial charge in [0, 0.05) is 18.4 Å². The third-order valence-corrected chi connectivity index (χ3v) is 4.66. The summed E-state index contributed by atoms with van der Waals surface area (Å²) in [6.07, 6.45) is 0.645. The molecule has 6 heteroatoms. The number of nitrogens with one attached hydrogen (secondary N) is 1. The summed E-state index contributed by atoms with van der Waals surface area (Å²) in [4.78, 5) is 0. The zero-order valence-electron chi connectivity index (χ0n) is 13.0. The zero-order chi connectivity index (χ0) is 15.7. The van der Waals surface area contributed by atoms with Crippen LogP contribution in [0, 0.1) is 0 Å². The first kappa shape index (κ1) is 17.6. The van der Waals surface area contributed by atoms with E-state index in [1.807, 2.05) is 39.0 Å². The standard InChI is InChI=1S/C15H25NO4S/c1-4-10-21(17,18)11-9-16-14-12-13(19-5-2)7-8-15(14)20-6-3/h7-8,12,16H,4-6,9-11H2,1-3H3. The Morgan fingerprint density at radius 2 is 1.76 bits per heavy atom. The molecule has 0 heterocycles. The van der Waals surface area contributed by atoms with Crippen LogP contribution in [-0.2, 0) is 9.84 Å². The average molecular weight is 315 g/mol. The summed E-state index contributed by atoms with van der Waals surface area (Å²) in [7, 11) is -2.98. The first-order valence-electron chi connectivity index (χ1n) is 7.36. The molecule has 0 amide bonds. The highest BCUT2D eigenvalue weighted by Gasteiger charge is 2.10. The summed E-state index contributed by atoms with van der Waals surface area (Å²) in [6, 6.07) is 5.51. The maximum absolute atomic E-state index is 11.7. The number of anilines is 1. The van der Waals surface area contributed by atoms with Crippen LogP contribution in [0.4, 0.5) is 5.69 Å². The van der Waals surface area contributed by atoms with Crippen molar-refractivity contribution in [3.05, 3.63) is 18.2 Å². The summed E-state index contributed by atoms with van der Waals surface area (Å²) in [5.41, 5.74) is 0.759. The number of sulfone groups is 1. The third kappa shape index (κ3) is 6.25. The maximum Gasteiger partial charge on any atom is 0.152 e. The van der Waals surface area contributed by atoms with Gasteiger partial charge in [0.1, 0.15) is 11.5 Å². The molecule has 0 aromatic heterocycles. The number of hydrogen-bond donors (Lipinski definition) is 1. The summed E-state index contributed by atoms with van der Waals surface area (Å²) >= 11 is 0. The largest absolute Gasteiger partial charge is 0.494 e. The van der Waals surface area contributed by atoms with Crippen LogP contribution in [0.5, 0.6) is 11.5 Å². The topological polar surface area (TPSA) is 64.6 Å². The van der Waals surface area contributed by atoms with Crippen molar-refractivity contribution >= 4 is 15.5 Å². The number of rotatable bonds is 10. The van der Waals surface area contributed by atoms with Crippen molar-refractivity contribution in [3.8, 4) is 11.5 Å². The van der Waals surface area contributed by atoms with Crippen molar-refractivity contribution in [3.63, 3.8) is 0 Å². The van der Waals surface area contributed by atoms with E-state index in [9.17, 15) is 8.42 Å². The second-order valence-electron chi connectivity index (χ2n) is 4.60. The molecule has 1 rings (SSSR count). The van der Waals surface area contributed by atoms with Crippen LogP contribution in [0.25, 0.3) is 0 Å². The summed E-state index contributed by atoms with van der Waals surface area (Å²) in [5, 5.41) is 3.13. The van der Waals surface area contributed by atoms with E-state index in [1.54, 1.807) is 0 Å².